The van der Waals surface area contributed by atoms with Gasteiger partial charge < -0.3 is 9.84 Å². The Bertz CT molecular complexity index is 1450. The molecule has 1 aliphatic carbocycles. The minimum atomic E-state index is -0.966. The average molecular weight is 528 g/mol. The van der Waals surface area contributed by atoms with Crippen molar-refractivity contribution in [3.05, 3.63) is 112 Å². The molecule has 0 saturated heterocycles. The van der Waals surface area contributed by atoms with Crippen LogP contribution in [0.3, 0.4) is 0 Å². The Labute approximate surface area is 225 Å². The van der Waals surface area contributed by atoms with E-state index >= 15 is 0 Å². The number of carboxylic acid groups (broad SMARTS) is 1. The molecule has 0 radical (unpaired) electrons. The van der Waals surface area contributed by atoms with Crippen molar-refractivity contribution in [3.63, 3.8) is 0 Å². The first-order valence-corrected chi connectivity index (χ1v) is 13.4. The van der Waals surface area contributed by atoms with Crippen molar-refractivity contribution >= 4 is 46.1 Å². The molecular formula is C31H26ClNO3S. The maximum absolute atomic E-state index is 11.0. The number of halogens is 1. The van der Waals surface area contributed by atoms with Gasteiger partial charge in [0.2, 0.25) is 0 Å². The molecule has 4 aromatic rings. The Morgan fingerprint density at radius 1 is 1.05 bits per heavy atom. The molecule has 37 heavy (non-hydrogen) atoms. The third kappa shape index (κ3) is 5.53. The Hall–Kier alpha value is -3.67. The third-order valence-electron chi connectivity index (χ3n) is 6.76. The molecule has 0 amide bonds. The highest BCUT2D eigenvalue weighted by molar-refractivity contribution is 7.13. The lowest BCUT2D eigenvalue weighted by atomic mass is 9.73. The van der Waals surface area contributed by atoms with Crippen LogP contribution in [0, 0.1) is 5.92 Å². The zero-order valence-electron chi connectivity index (χ0n) is 20.4. The van der Waals surface area contributed by atoms with E-state index in [9.17, 15) is 4.79 Å². The fourth-order valence-corrected chi connectivity index (χ4v) is 5.56. The molecule has 6 heteroatoms. The third-order valence-corrected chi connectivity index (χ3v) is 7.89. The SMILES string of the molecule is COc1ccc(C(=C(c2ccc(C=CC(=O)O)cc2)c2ccc(-c3cncs3)cc2)C2CCC2)c(Cl)c1. The number of nitrogens with zero attached hydrogens (tertiary/aromatic N) is 1. The van der Waals surface area contributed by atoms with Gasteiger partial charge in [0.1, 0.15) is 5.75 Å². The first kappa shape index (κ1) is 25.0. The van der Waals surface area contributed by atoms with Gasteiger partial charge in [-0.3, -0.25) is 4.98 Å². The Morgan fingerprint density at radius 2 is 1.76 bits per heavy atom. The van der Waals surface area contributed by atoms with Gasteiger partial charge in [0, 0.05) is 12.3 Å². The molecule has 1 aliphatic rings. The van der Waals surface area contributed by atoms with Crippen LogP contribution in [0.25, 0.3) is 27.7 Å². The smallest absolute Gasteiger partial charge is 0.328 e. The standard InChI is InChI=1S/C31H26ClNO3S/c1-36-25-14-15-26(27(32)17-25)31(22-3-2-4-22)30(23-8-5-20(6-9-23)7-16-29(34)35)24-12-10-21(11-13-24)28-18-33-19-37-28/h5-19,22H,2-4H2,1H3,(H,34,35). The number of carbonyl (C=O) groups is 1. The van der Waals surface area contributed by atoms with Crippen LogP contribution >= 0.6 is 22.9 Å². The Morgan fingerprint density at radius 3 is 2.30 bits per heavy atom. The largest absolute Gasteiger partial charge is 0.497 e. The van der Waals surface area contributed by atoms with Gasteiger partial charge in [-0.2, -0.15) is 0 Å². The Kier molecular flexibility index (Phi) is 7.54. The summed E-state index contributed by atoms with van der Waals surface area (Å²) in [7, 11) is 1.64. The van der Waals surface area contributed by atoms with Crippen LogP contribution in [0.2, 0.25) is 5.02 Å². The number of hydrogen-bond donors (Lipinski definition) is 1. The van der Waals surface area contributed by atoms with Gasteiger partial charge in [-0.15, -0.1) is 11.3 Å². The second-order valence-corrected chi connectivity index (χ2v) is 10.3. The normalized spacial score (nSPS) is 14.3. The van der Waals surface area contributed by atoms with Crippen molar-refractivity contribution in [2.45, 2.75) is 19.3 Å². The molecule has 4 nitrogen and oxygen atoms in total. The summed E-state index contributed by atoms with van der Waals surface area (Å²) in [6.07, 6.45) is 8.06. The molecule has 0 atom stereocenters. The molecule has 0 unspecified atom stereocenters. The summed E-state index contributed by atoms with van der Waals surface area (Å²) >= 11 is 8.47. The molecule has 1 saturated carbocycles. The number of ether oxygens (including phenoxy) is 1. The van der Waals surface area contributed by atoms with Crippen LogP contribution < -0.4 is 4.74 Å². The highest BCUT2D eigenvalue weighted by atomic mass is 35.5. The van der Waals surface area contributed by atoms with Crippen molar-refractivity contribution in [1.29, 1.82) is 0 Å². The van der Waals surface area contributed by atoms with E-state index in [1.807, 2.05) is 36.0 Å². The van der Waals surface area contributed by atoms with Crippen molar-refractivity contribution < 1.29 is 14.6 Å². The second-order valence-electron chi connectivity index (χ2n) is 9.00. The quantitative estimate of drug-likeness (QED) is 0.185. The number of carboxylic acids is 1. The Balaban J connectivity index is 1.69. The van der Waals surface area contributed by atoms with Crippen LogP contribution in [-0.4, -0.2) is 23.2 Å². The van der Waals surface area contributed by atoms with E-state index in [1.165, 1.54) is 12.0 Å². The fraction of sp³-hybridized carbons (Fsp3) is 0.161. The van der Waals surface area contributed by atoms with E-state index < -0.39 is 5.97 Å². The van der Waals surface area contributed by atoms with E-state index in [0.717, 1.165) is 62.9 Å². The number of thiazole rings is 1. The van der Waals surface area contributed by atoms with Crippen molar-refractivity contribution in [2.24, 2.45) is 5.92 Å². The molecule has 1 aromatic heterocycles. The summed E-state index contributed by atoms with van der Waals surface area (Å²) in [4.78, 5) is 16.3. The molecule has 0 bridgehead atoms. The predicted octanol–water partition coefficient (Wildman–Crippen LogP) is 8.33. The monoisotopic (exact) mass is 527 g/mol. The minimum Gasteiger partial charge on any atom is -0.497 e. The predicted molar refractivity (Wildman–Crippen MR) is 152 cm³/mol. The molecule has 3 aromatic carbocycles. The highest BCUT2D eigenvalue weighted by Gasteiger charge is 2.28. The van der Waals surface area contributed by atoms with Crippen LogP contribution in [-0.2, 0) is 4.79 Å². The lowest BCUT2D eigenvalue weighted by Crippen LogP contribution is -2.15. The minimum absolute atomic E-state index is 0.397. The van der Waals surface area contributed by atoms with E-state index in [-0.39, 0.29) is 0 Å². The lowest BCUT2D eigenvalue weighted by molar-refractivity contribution is -0.131. The van der Waals surface area contributed by atoms with Crippen LogP contribution in [0.4, 0.5) is 0 Å². The molecule has 0 aliphatic heterocycles. The molecular weight excluding hydrogens is 502 g/mol. The number of methoxy groups -OCH3 is 1. The van der Waals surface area contributed by atoms with Gasteiger partial charge >= 0.3 is 5.97 Å². The highest BCUT2D eigenvalue weighted by Crippen LogP contribution is 2.47. The van der Waals surface area contributed by atoms with Gasteiger partial charge in [-0.05, 0) is 82.0 Å². The summed E-state index contributed by atoms with van der Waals surface area (Å²) in [6, 6.07) is 22.5. The lowest BCUT2D eigenvalue weighted by Gasteiger charge is -2.32. The molecule has 186 valence electrons. The van der Waals surface area contributed by atoms with Gasteiger partial charge in [0.15, 0.2) is 0 Å². The van der Waals surface area contributed by atoms with Crippen LogP contribution in [0.5, 0.6) is 5.75 Å². The van der Waals surface area contributed by atoms with Crippen molar-refractivity contribution in [2.75, 3.05) is 7.11 Å². The number of benzene rings is 3. The topological polar surface area (TPSA) is 59.4 Å². The number of aromatic nitrogens is 1. The summed E-state index contributed by atoms with van der Waals surface area (Å²) < 4.78 is 5.41. The second kappa shape index (κ2) is 11.2. The fourth-order valence-electron chi connectivity index (χ4n) is 4.66. The number of rotatable bonds is 8. The number of allylic oxidation sites excluding steroid dienone is 1. The maximum atomic E-state index is 11.0. The molecule has 5 rings (SSSR count). The summed E-state index contributed by atoms with van der Waals surface area (Å²) in [6.45, 7) is 0. The van der Waals surface area contributed by atoms with E-state index in [4.69, 9.17) is 21.4 Å². The molecule has 1 heterocycles. The molecule has 1 N–H and O–H groups in total. The summed E-state index contributed by atoms with van der Waals surface area (Å²) in [5.74, 6) is 0.160. The zero-order valence-corrected chi connectivity index (χ0v) is 21.9. The van der Waals surface area contributed by atoms with Gasteiger partial charge in [0.05, 0.1) is 22.5 Å². The first-order valence-electron chi connectivity index (χ1n) is 12.1. The van der Waals surface area contributed by atoms with Gasteiger partial charge in [0.25, 0.3) is 0 Å². The van der Waals surface area contributed by atoms with Gasteiger partial charge in [-0.1, -0.05) is 66.6 Å². The zero-order chi connectivity index (χ0) is 25.8. The van der Waals surface area contributed by atoms with Crippen LogP contribution in [0.1, 0.15) is 41.5 Å². The van der Waals surface area contributed by atoms with Gasteiger partial charge in [-0.25, -0.2) is 4.79 Å². The van der Waals surface area contributed by atoms with Crippen molar-refractivity contribution in [3.8, 4) is 16.2 Å². The van der Waals surface area contributed by atoms with E-state index in [0.29, 0.717) is 10.9 Å². The summed E-state index contributed by atoms with van der Waals surface area (Å²) in [5, 5.41) is 9.66. The van der Waals surface area contributed by atoms with E-state index in [1.54, 1.807) is 24.5 Å². The van der Waals surface area contributed by atoms with E-state index in [2.05, 4.69) is 47.4 Å². The molecule has 1 fully saturated rings. The number of hydrogen-bond acceptors (Lipinski definition) is 4. The molecule has 0 spiro atoms. The maximum Gasteiger partial charge on any atom is 0.328 e. The van der Waals surface area contributed by atoms with Crippen molar-refractivity contribution in [1.82, 2.24) is 4.98 Å². The van der Waals surface area contributed by atoms with Crippen LogP contribution in [0.15, 0.2) is 84.5 Å². The summed E-state index contributed by atoms with van der Waals surface area (Å²) in [5.41, 5.74) is 9.37. The first-order chi connectivity index (χ1) is 18.0. The number of aliphatic carboxylic acids is 1. The average Bonchev–Trinajstić information content (AvgIpc) is 3.42.